The second-order valence-electron chi connectivity index (χ2n) is 5.81. The molecule has 1 aromatic rings. The number of benzene rings is 1. The summed E-state index contributed by atoms with van der Waals surface area (Å²) in [6.07, 6.45) is 12.7. The first-order valence-corrected chi connectivity index (χ1v) is 10.4. The Morgan fingerprint density at radius 2 is 1.55 bits per heavy atom. The molecule has 0 N–H and O–H groups in total. The summed E-state index contributed by atoms with van der Waals surface area (Å²) in [6.45, 7) is 2.24. The number of hydrogen-bond acceptors (Lipinski definition) is 2. The molecule has 0 fully saturated rings. The Morgan fingerprint density at radius 3 is 2.18 bits per heavy atom. The molecule has 0 radical (unpaired) electrons. The molecule has 124 valence electrons. The number of ether oxygens (including phenoxy) is 1. The van der Waals surface area contributed by atoms with Crippen LogP contribution in [0.15, 0.2) is 35.2 Å². The van der Waals surface area contributed by atoms with Crippen LogP contribution in [0.25, 0.3) is 0 Å². The monoisotopic (exact) mass is 323 g/mol. The van der Waals surface area contributed by atoms with Gasteiger partial charge in [-0.3, -0.25) is 4.79 Å². The summed E-state index contributed by atoms with van der Waals surface area (Å²) < 4.78 is 5.39. The van der Waals surface area contributed by atoms with Gasteiger partial charge in [0.25, 0.3) is 5.94 Å². The molecular weight excluding hydrogens is 292 g/mol. The third-order valence-corrected chi connectivity index (χ3v) is 5.33. The highest BCUT2D eigenvalue weighted by Crippen LogP contribution is 2.12. The maximum absolute atomic E-state index is 11.7. The lowest BCUT2D eigenvalue weighted by Crippen LogP contribution is -2.13. The Morgan fingerprint density at radius 1 is 0.955 bits per heavy atom. The predicted molar refractivity (Wildman–Crippen MR) is 96.2 cm³/mol. The summed E-state index contributed by atoms with van der Waals surface area (Å²) in [4.78, 5) is 13.0. The van der Waals surface area contributed by atoms with Gasteiger partial charge in [0, 0.05) is 6.42 Å². The summed E-state index contributed by atoms with van der Waals surface area (Å²) in [5.41, 5.74) is 0. The lowest BCUT2D eigenvalue weighted by atomic mass is 10.1. The standard InChI is InChI=1S/C19H31O2S/c1-3-4-5-6-7-8-9-13-16-19(20)21-17-22(2)18-14-11-10-12-15-18/h10-12,14-15H,3-9,13,16-17H2,1-2H3/q+1. The molecule has 0 aliphatic carbocycles. The SMILES string of the molecule is CCCCCCCCCCC(=O)OC[S+](C)c1ccccc1. The zero-order valence-corrected chi connectivity index (χ0v) is 15.0. The highest BCUT2D eigenvalue weighted by molar-refractivity contribution is 7.96. The first-order chi connectivity index (χ1) is 10.7. The van der Waals surface area contributed by atoms with Gasteiger partial charge in [-0.2, -0.15) is 0 Å². The maximum Gasteiger partial charge on any atom is 0.309 e. The first-order valence-electron chi connectivity index (χ1n) is 8.57. The molecule has 1 atom stereocenters. The molecule has 0 aliphatic heterocycles. The van der Waals surface area contributed by atoms with Crippen molar-refractivity contribution in [2.45, 2.75) is 69.6 Å². The second kappa shape index (κ2) is 12.6. The summed E-state index contributed by atoms with van der Waals surface area (Å²) in [5, 5.41) is 0. The Hall–Kier alpha value is -0.960. The summed E-state index contributed by atoms with van der Waals surface area (Å²) in [7, 11) is -0.0108. The van der Waals surface area contributed by atoms with E-state index in [1.807, 2.05) is 18.2 Å². The molecule has 3 heteroatoms. The number of esters is 1. The summed E-state index contributed by atoms with van der Waals surface area (Å²) in [5.74, 6) is 0.473. The van der Waals surface area contributed by atoms with E-state index in [1.54, 1.807) is 0 Å². The van der Waals surface area contributed by atoms with Gasteiger partial charge >= 0.3 is 5.97 Å². The van der Waals surface area contributed by atoms with E-state index in [-0.39, 0.29) is 16.9 Å². The van der Waals surface area contributed by atoms with E-state index in [2.05, 4.69) is 25.3 Å². The molecule has 2 nitrogen and oxygen atoms in total. The Labute approximate surface area is 139 Å². The molecule has 1 rings (SSSR count). The maximum atomic E-state index is 11.7. The first kappa shape index (κ1) is 19.1. The van der Waals surface area contributed by atoms with E-state index in [4.69, 9.17) is 4.74 Å². The van der Waals surface area contributed by atoms with Crippen molar-refractivity contribution in [2.24, 2.45) is 0 Å². The lowest BCUT2D eigenvalue weighted by molar-refractivity contribution is -0.141. The van der Waals surface area contributed by atoms with Crippen molar-refractivity contribution in [1.82, 2.24) is 0 Å². The van der Waals surface area contributed by atoms with Gasteiger partial charge in [-0.25, -0.2) is 0 Å². The van der Waals surface area contributed by atoms with Crippen LogP contribution in [0.1, 0.15) is 64.7 Å². The molecule has 0 aromatic heterocycles. The van der Waals surface area contributed by atoms with Crippen LogP contribution in [0, 0.1) is 0 Å². The van der Waals surface area contributed by atoms with Crippen molar-refractivity contribution < 1.29 is 9.53 Å². The van der Waals surface area contributed by atoms with Crippen LogP contribution in [-0.4, -0.2) is 18.2 Å². The average molecular weight is 324 g/mol. The zero-order valence-electron chi connectivity index (χ0n) is 14.2. The van der Waals surface area contributed by atoms with Crippen molar-refractivity contribution in [3.63, 3.8) is 0 Å². The Balaban J connectivity index is 2.00. The van der Waals surface area contributed by atoms with Gasteiger partial charge in [0.1, 0.15) is 6.26 Å². The van der Waals surface area contributed by atoms with Crippen LogP contribution in [-0.2, 0) is 20.4 Å². The quantitative estimate of drug-likeness (QED) is 0.295. The second-order valence-corrected chi connectivity index (χ2v) is 7.79. The highest BCUT2D eigenvalue weighted by Gasteiger charge is 2.17. The fraction of sp³-hybridized carbons (Fsp3) is 0.632. The molecule has 0 saturated carbocycles. The molecule has 0 saturated heterocycles. The van der Waals surface area contributed by atoms with Crippen molar-refractivity contribution in [1.29, 1.82) is 0 Å². The van der Waals surface area contributed by atoms with Gasteiger partial charge in [-0.15, -0.1) is 0 Å². The Kier molecular flexibility index (Phi) is 10.9. The largest absolute Gasteiger partial charge is 0.418 e. The van der Waals surface area contributed by atoms with Crippen LogP contribution in [0.3, 0.4) is 0 Å². The minimum atomic E-state index is -0.0405. The van der Waals surface area contributed by atoms with Crippen LogP contribution in [0.2, 0.25) is 0 Å². The van der Waals surface area contributed by atoms with Gasteiger partial charge in [-0.05, 0) is 18.6 Å². The normalized spacial score (nSPS) is 12.1. The minimum absolute atomic E-state index is 0.0108. The van der Waals surface area contributed by atoms with Gasteiger partial charge in [0.2, 0.25) is 0 Å². The van der Waals surface area contributed by atoms with Crippen LogP contribution in [0.4, 0.5) is 0 Å². The Bertz CT molecular complexity index is 392. The van der Waals surface area contributed by atoms with Gasteiger partial charge in [0.15, 0.2) is 4.90 Å². The van der Waals surface area contributed by atoms with Crippen molar-refractivity contribution in [3.05, 3.63) is 30.3 Å². The van der Waals surface area contributed by atoms with E-state index in [9.17, 15) is 4.79 Å². The van der Waals surface area contributed by atoms with E-state index in [0.717, 1.165) is 12.8 Å². The number of carbonyl (C=O) groups excluding carboxylic acids is 1. The van der Waals surface area contributed by atoms with Crippen LogP contribution < -0.4 is 0 Å². The smallest absolute Gasteiger partial charge is 0.309 e. The molecule has 0 aliphatic rings. The minimum Gasteiger partial charge on any atom is -0.418 e. The van der Waals surface area contributed by atoms with E-state index < -0.39 is 0 Å². The van der Waals surface area contributed by atoms with Crippen molar-refractivity contribution in [2.75, 3.05) is 12.2 Å². The van der Waals surface area contributed by atoms with Gasteiger partial charge in [-0.1, -0.05) is 70.1 Å². The zero-order chi connectivity index (χ0) is 16.0. The molecule has 0 amide bonds. The van der Waals surface area contributed by atoms with Gasteiger partial charge < -0.3 is 4.74 Å². The highest BCUT2D eigenvalue weighted by atomic mass is 32.2. The topological polar surface area (TPSA) is 26.3 Å². The van der Waals surface area contributed by atoms with E-state index >= 15 is 0 Å². The average Bonchev–Trinajstić information content (AvgIpc) is 2.56. The number of rotatable bonds is 12. The summed E-state index contributed by atoms with van der Waals surface area (Å²) in [6, 6.07) is 10.3. The molecule has 0 bridgehead atoms. The fourth-order valence-corrected chi connectivity index (χ4v) is 3.42. The van der Waals surface area contributed by atoms with Crippen LogP contribution in [0.5, 0.6) is 0 Å². The molecule has 1 aromatic carbocycles. The third-order valence-electron chi connectivity index (χ3n) is 3.78. The molecule has 22 heavy (non-hydrogen) atoms. The van der Waals surface area contributed by atoms with Crippen LogP contribution >= 0.6 is 0 Å². The van der Waals surface area contributed by atoms with Crippen molar-refractivity contribution >= 4 is 16.9 Å². The van der Waals surface area contributed by atoms with Gasteiger partial charge in [0.05, 0.1) is 10.9 Å². The van der Waals surface area contributed by atoms with E-state index in [1.165, 1.54) is 43.4 Å². The molecule has 0 heterocycles. The summed E-state index contributed by atoms with van der Waals surface area (Å²) >= 11 is 0. The number of carbonyl (C=O) groups is 1. The molecule has 1 unspecified atom stereocenters. The molecular formula is C19H31O2S+. The van der Waals surface area contributed by atoms with E-state index in [0.29, 0.717) is 12.4 Å². The van der Waals surface area contributed by atoms with Crippen molar-refractivity contribution in [3.8, 4) is 0 Å². The third kappa shape index (κ3) is 9.14. The molecule has 0 spiro atoms. The lowest BCUT2D eigenvalue weighted by Gasteiger charge is -2.05. The number of hydrogen-bond donors (Lipinski definition) is 0. The predicted octanol–water partition coefficient (Wildman–Crippen LogP) is 5.33. The number of unbranched alkanes of at least 4 members (excludes halogenated alkanes) is 7. The fourth-order valence-electron chi connectivity index (χ4n) is 2.35.